The Balaban J connectivity index is 2.49. The van der Waals surface area contributed by atoms with Crippen LogP contribution in [0.1, 0.15) is 167 Å². The van der Waals surface area contributed by atoms with E-state index in [9.17, 15) is 0 Å². The predicted octanol–water partition coefficient (Wildman–Crippen LogP) is 16.9. The van der Waals surface area contributed by atoms with E-state index in [1.165, 1.54) is 57.4 Å². The summed E-state index contributed by atoms with van der Waals surface area (Å²) in [5.41, 5.74) is 1.20. The van der Waals surface area contributed by atoms with Crippen LogP contribution in [0.25, 0.3) is 0 Å². The number of benzene rings is 1. The van der Waals surface area contributed by atoms with Gasteiger partial charge >= 0.3 is 266 Å². The molecule has 0 aliphatic carbocycles. The van der Waals surface area contributed by atoms with E-state index in [0.717, 1.165) is 31.4 Å². The van der Waals surface area contributed by atoms with Crippen LogP contribution in [0.4, 0.5) is 0 Å². The van der Waals surface area contributed by atoms with Crippen LogP contribution in [-0.2, 0) is 29.4 Å². The van der Waals surface area contributed by atoms with E-state index < -0.39 is 43.3 Å². The maximum absolute atomic E-state index is 7.44. The number of rotatable bonds is 28. The van der Waals surface area contributed by atoms with Crippen LogP contribution < -0.4 is 4.74 Å². The van der Waals surface area contributed by atoms with Crippen LogP contribution in [0.15, 0.2) is 34.4 Å². The van der Waals surface area contributed by atoms with Crippen molar-refractivity contribution in [1.29, 1.82) is 0 Å². The van der Waals surface area contributed by atoms with Gasteiger partial charge in [-0.15, -0.1) is 0 Å². The van der Waals surface area contributed by atoms with Gasteiger partial charge in [0.2, 0.25) is 0 Å². The van der Waals surface area contributed by atoms with Gasteiger partial charge in [-0.25, -0.2) is 0 Å². The quantitative estimate of drug-likeness (QED) is 0.0780. The molecular formula is C54H106O6Si3Sn. The van der Waals surface area contributed by atoms with Gasteiger partial charge in [0.1, 0.15) is 0 Å². The Hall–Kier alpha value is 0.00935. The predicted molar refractivity (Wildman–Crippen MR) is 288 cm³/mol. The van der Waals surface area contributed by atoms with Gasteiger partial charge in [0.25, 0.3) is 0 Å². The first-order valence-corrected chi connectivity index (χ1v) is 42.5. The minimum absolute atomic E-state index is 0.0225. The fraction of sp³-hybridized carbons (Fsp3) is 0.852. The molecule has 0 amide bonds. The summed E-state index contributed by atoms with van der Waals surface area (Å²) in [4.78, 5) is 0. The van der Waals surface area contributed by atoms with Crippen molar-refractivity contribution in [3.63, 3.8) is 0 Å². The van der Waals surface area contributed by atoms with Gasteiger partial charge in [0.15, 0.2) is 16.6 Å². The molecule has 64 heavy (non-hydrogen) atoms. The summed E-state index contributed by atoms with van der Waals surface area (Å²) < 4.78 is 48.9. The number of hydrogen-bond donors (Lipinski definition) is 0. The molecule has 0 aromatic heterocycles. The Bertz CT molecular complexity index is 1460. The molecule has 1 heterocycles. The molecule has 0 spiro atoms. The molecule has 374 valence electrons. The van der Waals surface area contributed by atoms with Crippen LogP contribution in [0.5, 0.6) is 5.75 Å². The topological polar surface area (TPSA) is 55.4 Å². The molecule has 6 nitrogen and oxygen atoms in total. The first-order valence-electron chi connectivity index (χ1n) is 26.1. The van der Waals surface area contributed by atoms with E-state index in [-0.39, 0.29) is 45.6 Å². The van der Waals surface area contributed by atoms with Crippen molar-refractivity contribution in [1.82, 2.24) is 0 Å². The van der Waals surface area contributed by atoms with E-state index in [4.69, 9.17) is 27.5 Å². The number of hydrogen-bond acceptors (Lipinski definition) is 6. The second-order valence-corrected chi connectivity index (χ2v) is 52.2. The molecule has 1 fully saturated rings. The van der Waals surface area contributed by atoms with Gasteiger partial charge in [0.05, 0.1) is 0 Å². The molecule has 0 bridgehead atoms. The van der Waals surface area contributed by atoms with Crippen molar-refractivity contribution in [2.24, 2.45) is 11.8 Å². The molecule has 0 radical (unpaired) electrons. The molecule has 1 saturated heterocycles. The van der Waals surface area contributed by atoms with Crippen LogP contribution >= 0.6 is 0 Å². The summed E-state index contributed by atoms with van der Waals surface area (Å²) in [6, 6.07) is 8.41. The average Bonchev–Trinajstić information content (AvgIpc) is 3.19. The van der Waals surface area contributed by atoms with E-state index in [1.807, 2.05) is 0 Å². The van der Waals surface area contributed by atoms with Gasteiger partial charge in [-0.3, -0.25) is 0 Å². The van der Waals surface area contributed by atoms with Crippen molar-refractivity contribution in [3.8, 4) is 5.75 Å². The van der Waals surface area contributed by atoms with Gasteiger partial charge in [-0.1, -0.05) is 62.3 Å². The first-order chi connectivity index (χ1) is 29.5. The van der Waals surface area contributed by atoms with Crippen molar-refractivity contribution >= 4 is 43.3 Å². The summed E-state index contributed by atoms with van der Waals surface area (Å²) >= 11 is -2.53. The SMILES string of the molecule is CCC[CH2][Sn]([CH]=CC(OCc1ccc(OC)cc1)C(C)CCCC(C)[C@@H]1O[C@H](CO[Si](C)(C)C(C)(C)C)[C@H](O[Si](C)(C)C(C)(C)C)C[C@@H]1O[Si](C)(C)C(C)(C)C)([CH2]CCC)[CH2]CCC. The summed E-state index contributed by atoms with van der Waals surface area (Å²) in [6.07, 6.45) is 14.6. The number of ether oxygens (including phenoxy) is 3. The summed E-state index contributed by atoms with van der Waals surface area (Å²) in [7, 11) is -4.55. The zero-order valence-corrected chi connectivity index (χ0v) is 51.9. The molecule has 0 N–H and O–H groups in total. The summed E-state index contributed by atoms with van der Waals surface area (Å²) in [6.45, 7) is 48.5. The molecule has 3 unspecified atom stereocenters. The van der Waals surface area contributed by atoms with Crippen molar-refractivity contribution < 1.29 is 27.5 Å². The van der Waals surface area contributed by atoms with E-state index in [1.54, 1.807) is 7.11 Å². The molecule has 2 rings (SSSR count). The Labute approximate surface area is 405 Å². The van der Waals surface area contributed by atoms with Gasteiger partial charge in [-0.05, 0) is 54.4 Å². The van der Waals surface area contributed by atoms with Crippen LogP contribution in [0, 0.1) is 11.8 Å². The number of methoxy groups -OCH3 is 1. The zero-order valence-electron chi connectivity index (χ0n) is 46.1. The van der Waals surface area contributed by atoms with Crippen LogP contribution in [0.3, 0.4) is 0 Å². The molecule has 10 heteroatoms. The number of unbranched alkanes of at least 4 members (excludes halogenated alkanes) is 3. The third-order valence-corrected chi connectivity index (χ3v) is 43.9. The normalized spacial score (nSPS) is 21.3. The minimum atomic E-state index is -2.53. The van der Waals surface area contributed by atoms with Gasteiger partial charge < -0.3 is 8.85 Å². The third-order valence-electron chi connectivity index (χ3n) is 16.3. The Morgan fingerprint density at radius 1 is 0.688 bits per heavy atom. The maximum atomic E-state index is 7.44. The van der Waals surface area contributed by atoms with Gasteiger partial charge in [-0.2, -0.15) is 0 Å². The Morgan fingerprint density at radius 3 is 1.62 bits per heavy atom. The molecule has 1 aliphatic heterocycles. The van der Waals surface area contributed by atoms with Crippen LogP contribution in [0.2, 0.25) is 67.7 Å². The molecule has 1 aliphatic rings. The standard InChI is InChI=1S/C42H79O6Si3.3C4H9.Sn/c1-20-35(44-29-33-24-26-34(43-13)27-25-33)31(2)22-21-23-32(3)39-37(48-51(18,19)42(10,11)12)28-36(47-50(16,17)41(7,8)9)38(46-39)30-45-49(14,15)40(4,5)6;3*1-3-4-2;/h1,20,24-27,31-32,35-39H,21-23,28-30H2,2-19H3;3*1,3-4H2,2H3;/t31?,32?,35?,36-,37+,38-,39+;;;;/m1..../s1. The fourth-order valence-corrected chi connectivity index (χ4v) is 26.4. The van der Waals surface area contributed by atoms with Crippen molar-refractivity contribution in [2.45, 2.75) is 266 Å². The first kappa shape index (κ1) is 60.1. The zero-order chi connectivity index (χ0) is 48.8. The van der Waals surface area contributed by atoms with E-state index >= 15 is 0 Å². The summed E-state index contributed by atoms with van der Waals surface area (Å²) in [5, 5.41) is 0.297. The molecule has 7 atom stereocenters. The van der Waals surface area contributed by atoms with Crippen molar-refractivity contribution in [3.05, 3.63) is 40.0 Å². The molecule has 0 saturated carbocycles. The van der Waals surface area contributed by atoms with Gasteiger partial charge in [0, 0.05) is 0 Å². The fourth-order valence-electron chi connectivity index (χ4n) is 8.32. The Kier molecular flexibility index (Phi) is 24.7. The molecule has 1 aromatic carbocycles. The second kappa shape index (κ2) is 26.3. The molecular weight excluding hydrogens is 948 g/mol. The monoisotopic (exact) mass is 1050 g/mol. The summed E-state index contributed by atoms with van der Waals surface area (Å²) in [5.74, 6) is 1.60. The van der Waals surface area contributed by atoms with E-state index in [0.29, 0.717) is 25.0 Å². The molecule has 1 aromatic rings. The van der Waals surface area contributed by atoms with E-state index in [2.05, 4.69) is 171 Å². The van der Waals surface area contributed by atoms with Crippen LogP contribution in [-0.4, -0.2) is 87.6 Å². The average molecular weight is 1050 g/mol. The Morgan fingerprint density at radius 2 is 1.17 bits per heavy atom. The third kappa shape index (κ3) is 18.7. The second-order valence-electron chi connectivity index (χ2n) is 24.8. The van der Waals surface area contributed by atoms with Crippen molar-refractivity contribution in [2.75, 3.05) is 13.7 Å².